The fraction of sp³-hybridized carbons (Fsp3) is 0.833. The van der Waals surface area contributed by atoms with Gasteiger partial charge >= 0.3 is 0 Å². The Bertz CT molecular complexity index is 335. The maximum absolute atomic E-state index is 4.31. The van der Waals surface area contributed by atoms with Gasteiger partial charge in [-0.1, -0.05) is 18.1 Å². The molecule has 1 aromatic heterocycles. The third-order valence-electron chi connectivity index (χ3n) is 3.99. The first-order chi connectivity index (χ1) is 7.95. The maximum atomic E-state index is 4.31. The van der Waals surface area contributed by atoms with Gasteiger partial charge in [0.15, 0.2) is 0 Å². The molecular weight excluding hydrogens is 200 g/mol. The van der Waals surface area contributed by atoms with E-state index < -0.39 is 0 Å². The molecular formula is C12H20N4. The van der Waals surface area contributed by atoms with E-state index in [0.717, 1.165) is 19.0 Å². The van der Waals surface area contributed by atoms with Gasteiger partial charge in [0.25, 0.3) is 0 Å². The van der Waals surface area contributed by atoms with Crippen LogP contribution >= 0.6 is 0 Å². The Balaban J connectivity index is 1.80. The Hall–Kier alpha value is -0.900. The molecule has 1 aromatic rings. The molecule has 1 aliphatic carbocycles. The SMILES string of the molecule is c1nnn(C2CCCNC2)c1C1CCCC1. The van der Waals surface area contributed by atoms with Gasteiger partial charge in [-0.25, -0.2) is 4.68 Å². The summed E-state index contributed by atoms with van der Waals surface area (Å²) in [7, 11) is 0. The fourth-order valence-electron chi connectivity index (χ4n) is 3.09. The van der Waals surface area contributed by atoms with E-state index in [0.29, 0.717) is 6.04 Å². The van der Waals surface area contributed by atoms with Gasteiger partial charge < -0.3 is 5.32 Å². The minimum atomic E-state index is 0.534. The van der Waals surface area contributed by atoms with Crippen molar-refractivity contribution in [2.45, 2.75) is 50.5 Å². The van der Waals surface area contributed by atoms with E-state index in [1.807, 2.05) is 6.20 Å². The van der Waals surface area contributed by atoms with Crippen LogP contribution in [0.4, 0.5) is 0 Å². The molecule has 0 amide bonds. The molecule has 0 aromatic carbocycles. The lowest BCUT2D eigenvalue weighted by Crippen LogP contribution is -2.33. The Morgan fingerprint density at radius 3 is 2.81 bits per heavy atom. The lowest BCUT2D eigenvalue weighted by atomic mass is 10.0. The predicted octanol–water partition coefficient (Wildman–Crippen LogP) is 1.86. The molecule has 0 radical (unpaired) electrons. The standard InChI is InChI=1S/C12H20N4/c1-2-5-10(4-1)12-9-14-15-16(12)11-6-3-7-13-8-11/h9-11,13H,1-8H2. The third-order valence-corrected chi connectivity index (χ3v) is 3.99. The second-order valence-corrected chi connectivity index (χ2v) is 5.09. The molecule has 88 valence electrons. The summed E-state index contributed by atoms with van der Waals surface area (Å²) in [6.45, 7) is 2.22. The van der Waals surface area contributed by atoms with Gasteiger partial charge in [-0.2, -0.15) is 0 Å². The molecule has 0 bridgehead atoms. The van der Waals surface area contributed by atoms with Gasteiger partial charge in [0, 0.05) is 12.5 Å². The van der Waals surface area contributed by atoms with Crippen LogP contribution in [0.5, 0.6) is 0 Å². The maximum Gasteiger partial charge on any atom is 0.0728 e. The van der Waals surface area contributed by atoms with Crippen molar-refractivity contribution in [3.63, 3.8) is 0 Å². The van der Waals surface area contributed by atoms with Gasteiger partial charge in [0.05, 0.1) is 17.9 Å². The first-order valence-corrected chi connectivity index (χ1v) is 6.56. The molecule has 1 N–H and O–H groups in total. The Labute approximate surface area is 96.4 Å². The summed E-state index contributed by atoms with van der Waals surface area (Å²) < 4.78 is 2.20. The molecule has 1 atom stereocenters. The minimum absolute atomic E-state index is 0.534. The van der Waals surface area contributed by atoms with Crippen LogP contribution in [-0.4, -0.2) is 28.1 Å². The molecule has 1 saturated carbocycles. The summed E-state index contributed by atoms with van der Waals surface area (Å²) in [6, 6.07) is 0.534. The largest absolute Gasteiger partial charge is 0.315 e. The lowest BCUT2D eigenvalue weighted by Gasteiger charge is -2.25. The van der Waals surface area contributed by atoms with Crippen molar-refractivity contribution >= 4 is 0 Å². The third kappa shape index (κ3) is 1.86. The van der Waals surface area contributed by atoms with Crippen LogP contribution in [0.1, 0.15) is 56.2 Å². The van der Waals surface area contributed by atoms with Crippen molar-refractivity contribution in [3.05, 3.63) is 11.9 Å². The van der Waals surface area contributed by atoms with Crippen LogP contribution in [0.2, 0.25) is 0 Å². The van der Waals surface area contributed by atoms with Crippen LogP contribution in [0, 0.1) is 0 Å². The van der Waals surface area contributed by atoms with E-state index in [2.05, 4.69) is 20.3 Å². The average molecular weight is 220 g/mol. The van der Waals surface area contributed by atoms with Crippen molar-refractivity contribution in [2.75, 3.05) is 13.1 Å². The number of nitrogens with zero attached hydrogens (tertiary/aromatic N) is 3. The van der Waals surface area contributed by atoms with E-state index in [1.165, 1.54) is 44.2 Å². The zero-order valence-corrected chi connectivity index (χ0v) is 9.73. The molecule has 1 unspecified atom stereocenters. The monoisotopic (exact) mass is 220 g/mol. The van der Waals surface area contributed by atoms with E-state index >= 15 is 0 Å². The van der Waals surface area contributed by atoms with Crippen molar-refractivity contribution in [3.8, 4) is 0 Å². The number of rotatable bonds is 2. The fourth-order valence-corrected chi connectivity index (χ4v) is 3.09. The highest BCUT2D eigenvalue weighted by molar-refractivity contribution is 5.06. The molecule has 1 aliphatic heterocycles. The summed E-state index contributed by atoms with van der Waals surface area (Å²) >= 11 is 0. The molecule has 2 heterocycles. The van der Waals surface area contributed by atoms with E-state index in [1.54, 1.807) is 0 Å². The van der Waals surface area contributed by atoms with Crippen molar-refractivity contribution in [1.82, 2.24) is 20.3 Å². The number of aromatic nitrogens is 3. The highest BCUT2D eigenvalue weighted by atomic mass is 15.4. The average Bonchev–Trinajstić information content (AvgIpc) is 3.01. The van der Waals surface area contributed by atoms with Gasteiger partial charge in [0.1, 0.15) is 0 Å². The summed E-state index contributed by atoms with van der Waals surface area (Å²) in [5, 5.41) is 11.9. The topological polar surface area (TPSA) is 42.7 Å². The first kappa shape index (κ1) is 10.3. The summed E-state index contributed by atoms with van der Waals surface area (Å²) in [5.74, 6) is 0.719. The highest BCUT2D eigenvalue weighted by Gasteiger charge is 2.25. The first-order valence-electron chi connectivity index (χ1n) is 6.56. The molecule has 4 nitrogen and oxygen atoms in total. The number of hydrogen-bond acceptors (Lipinski definition) is 3. The van der Waals surface area contributed by atoms with Crippen LogP contribution < -0.4 is 5.32 Å². The highest BCUT2D eigenvalue weighted by Crippen LogP contribution is 2.34. The molecule has 3 rings (SSSR count). The summed E-state index contributed by atoms with van der Waals surface area (Å²) in [6.07, 6.45) is 9.90. The van der Waals surface area contributed by atoms with Gasteiger partial charge in [-0.15, -0.1) is 5.10 Å². The van der Waals surface area contributed by atoms with Gasteiger partial charge in [-0.05, 0) is 32.2 Å². The summed E-state index contributed by atoms with van der Waals surface area (Å²) in [4.78, 5) is 0. The van der Waals surface area contributed by atoms with Crippen LogP contribution in [0.15, 0.2) is 6.20 Å². The normalized spacial score (nSPS) is 27.4. The second kappa shape index (κ2) is 4.53. The van der Waals surface area contributed by atoms with Crippen LogP contribution in [0.25, 0.3) is 0 Å². The lowest BCUT2D eigenvalue weighted by molar-refractivity contribution is 0.328. The van der Waals surface area contributed by atoms with Crippen molar-refractivity contribution in [1.29, 1.82) is 0 Å². The van der Waals surface area contributed by atoms with Crippen molar-refractivity contribution < 1.29 is 0 Å². The summed E-state index contributed by atoms with van der Waals surface area (Å²) in [5.41, 5.74) is 1.38. The predicted molar refractivity (Wildman–Crippen MR) is 62.4 cm³/mol. The van der Waals surface area contributed by atoms with Crippen LogP contribution in [0.3, 0.4) is 0 Å². The Kier molecular flexibility index (Phi) is 2.91. The van der Waals surface area contributed by atoms with E-state index in [4.69, 9.17) is 0 Å². The van der Waals surface area contributed by atoms with Crippen molar-refractivity contribution in [2.24, 2.45) is 0 Å². The van der Waals surface area contributed by atoms with Gasteiger partial charge in [0.2, 0.25) is 0 Å². The van der Waals surface area contributed by atoms with Gasteiger partial charge in [-0.3, -0.25) is 0 Å². The minimum Gasteiger partial charge on any atom is -0.315 e. The zero-order valence-electron chi connectivity index (χ0n) is 9.73. The molecule has 2 aliphatic rings. The smallest absolute Gasteiger partial charge is 0.0728 e. The number of hydrogen-bond donors (Lipinski definition) is 1. The Morgan fingerprint density at radius 2 is 2.06 bits per heavy atom. The molecule has 2 fully saturated rings. The quantitative estimate of drug-likeness (QED) is 0.827. The molecule has 4 heteroatoms. The second-order valence-electron chi connectivity index (χ2n) is 5.09. The number of piperidine rings is 1. The van der Waals surface area contributed by atoms with E-state index in [-0.39, 0.29) is 0 Å². The molecule has 16 heavy (non-hydrogen) atoms. The van der Waals surface area contributed by atoms with E-state index in [9.17, 15) is 0 Å². The van der Waals surface area contributed by atoms with Crippen LogP contribution in [-0.2, 0) is 0 Å². The Morgan fingerprint density at radius 1 is 1.19 bits per heavy atom. The molecule has 1 saturated heterocycles. The number of nitrogens with one attached hydrogen (secondary N) is 1. The molecule has 0 spiro atoms. The zero-order chi connectivity index (χ0) is 10.8.